The zero-order valence-electron chi connectivity index (χ0n) is 10.4. The lowest BCUT2D eigenvalue weighted by Gasteiger charge is -2.08. The van der Waals surface area contributed by atoms with Crippen molar-refractivity contribution >= 4 is 33.2 Å². The Balaban J connectivity index is 2.13. The van der Waals surface area contributed by atoms with Crippen LogP contribution < -0.4 is 5.32 Å². The fourth-order valence-corrected chi connectivity index (χ4v) is 2.39. The van der Waals surface area contributed by atoms with Gasteiger partial charge in [0, 0.05) is 29.3 Å². The first-order chi connectivity index (χ1) is 8.60. The summed E-state index contributed by atoms with van der Waals surface area (Å²) in [6.45, 7) is 2.82. The molecule has 0 amide bonds. The topological polar surface area (TPSA) is 29.9 Å². The molecule has 1 aromatic carbocycles. The van der Waals surface area contributed by atoms with Crippen molar-refractivity contribution in [2.75, 3.05) is 5.32 Å². The lowest BCUT2D eigenvalue weighted by Crippen LogP contribution is -2.01. The molecular weight excluding hydrogens is 314 g/mol. The van der Waals surface area contributed by atoms with Crippen LogP contribution in [0.15, 0.2) is 28.9 Å². The molecule has 2 aromatic rings. The van der Waals surface area contributed by atoms with Gasteiger partial charge in [0.25, 0.3) is 0 Å². The van der Waals surface area contributed by atoms with Crippen LogP contribution in [0.25, 0.3) is 0 Å². The Labute approximate surface area is 120 Å². The molecule has 0 fully saturated rings. The molecule has 0 unspecified atom stereocenters. The fourth-order valence-electron chi connectivity index (χ4n) is 1.81. The number of nitrogens with zero attached hydrogens (tertiary/aromatic N) is 2. The first-order valence-corrected chi connectivity index (χ1v) is 6.97. The summed E-state index contributed by atoms with van der Waals surface area (Å²) in [5.41, 5.74) is 3.29. The zero-order valence-corrected chi connectivity index (χ0v) is 12.7. The molecule has 1 N–H and O–H groups in total. The van der Waals surface area contributed by atoms with E-state index in [9.17, 15) is 0 Å². The van der Waals surface area contributed by atoms with Crippen LogP contribution in [-0.2, 0) is 20.0 Å². The first-order valence-electron chi connectivity index (χ1n) is 5.80. The summed E-state index contributed by atoms with van der Waals surface area (Å²) in [4.78, 5) is 0. The number of nitrogens with one attached hydrogen (secondary N) is 1. The molecule has 0 atom stereocenters. The van der Waals surface area contributed by atoms with Gasteiger partial charge in [-0.15, -0.1) is 0 Å². The van der Waals surface area contributed by atoms with E-state index in [4.69, 9.17) is 11.6 Å². The van der Waals surface area contributed by atoms with Crippen LogP contribution in [0.3, 0.4) is 0 Å². The van der Waals surface area contributed by atoms with Crippen molar-refractivity contribution in [3.63, 3.8) is 0 Å². The molecule has 0 saturated heterocycles. The molecule has 3 nitrogen and oxygen atoms in total. The summed E-state index contributed by atoms with van der Waals surface area (Å²) in [5.74, 6) is 0. The molecule has 18 heavy (non-hydrogen) atoms. The molecule has 0 saturated carbocycles. The zero-order chi connectivity index (χ0) is 13.1. The number of aromatic nitrogens is 2. The van der Waals surface area contributed by atoms with E-state index in [2.05, 4.69) is 33.3 Å². The summed E-state index contributed by atoms with van der Waals surface area (Å²) in [6, 6.07) is 5.79. The van der Waals surface area contributed by atoms with Gasteiger partial charge in [-0.2, -0.15) is 5.10 Å². The number of halogens is 2. The van der Waals surface area contributed by atoms with Crippen LogP contribution in [0.1, 0.15) is 18.2 Å². The molecule has 0 radical (unpaired) electrons. The lowest BCUT2D eigenvalue weighted by molar-refractivity contribution is 0.746. The van der Waals surface area contributed by atoms with Crippen molar-refractivity contribution in [3.8, 4) is 0 Å². The fraction of sp³-hybridized carbons (Fsp3) is 0.308. The SMILES string of the molecule is CCc1nn(C)cc1NCc1cc(Cl)ccc1Br. The van der Waals surface area contributed by atoms with Gasteiger partial charge in [-0.25, -0.2) is 0 Å². The Morgan fingerprint density at radius 3 is 2.94 bits per heavy atom. The van der Waals surface area contributed by atoms with Crippen LogP contribution in [0.4, 0.5) is 5.69 Å². The van der Waals surface area contributed by atoms with Crippen molar-refractivity contribution in [3.05, 3.63) is 45.1 Å². The van der Waals surface area contributed by atoms with Gasteiger partial charge in [-0.1, -0.05) is 34.5 Å². The van der Waals surface area contributed by atoms with E-state index >= 15 is 0 Å². The van der Waals surface area contributed by atoms with Gasteiger partial charge in [0.2, 0.25) is 0 Å². The minimum atomic E-state index is 0.722. The van der Waals surface area contributed by atoms with Crippen molar-refractivity contribution in [1.29, 1.82) is 0 Å². The monoisotopic (exact) mass is 327 g/mol. The highest BCUT2D eigenvalue weighted by atomic mass is 79.9. The summed E-state index contributed by atoms with van der Waals surface area (Å²) < 4.78 is 2.88. The largest absolute Gasteiger partial charge is 0.378 e. The predicted molar refractivity (Wildman–Crippen MR) is 79.1 cm³/mol. The van der Waals surface area contributed by atoms with Gasteiger partial charge >= 0.3 is 0 Å². The van der Waals surface area contributed by atoms with Gasteiger partial charge in [-0.05, 0) is 30.2 Å². The average Bonchev–Trinajstić information content (AvgIpc) is 2.71. The Hall–Kier alpha value is -1.000. The number of rotatable bonds is 4. The average molecular weight is 329 g/mol. The summed E-state index contributed by atoms with van der Waals surface area (Å²) >= 11 is 9.52. The summed E-state index contributed by atoms with van der Waals surface area (Å²) in [6.07, 6.45) is 2.91. The molecular formula is C13H15BrClN3. The van der Waals surface area contributed by atoms with E-state index in [1.807, 2.05) is 36.1 Å². The highest BCUT2D eigenvalue weighted by Crippen LogP contribution is 2.23. The van der Waals surface area contributed by atoms with Crippen molar-refractivity contribution in [1.82, 2.24) is 9.78 Å². The second-order valence-electron chi connectivity index (χ2n) is 4.11. The van der Waals surface area contributed by atoms with E-state index in [1.54, 1.807) is 0 Å². The molecule has 0 aliphatic carbocycles. The number of aryl methyl sites for hydroxylation is 2. The lowest BCUT2D eigenvalue weighted by atomic mass is 10.2. The molecule has 1 aromatic heterocycles. The molecule has 0 bridgehead atoms. The molecule has 0 aliphatic heterocycles. The molecule has 96 valence electrons. The predicted octanol–water partition coefficient (Wildman–Crippen LogP) is 4.01. The second kappa shape index (κ2) is 5.76. The molecule has 0 aliphatic rings. The molecule has 0 spiro atoms. The third-order valence-corrected chi connectivity index (χ3v) is 3.73. The Morgan fingerprint density at radius 1 is 1.44 bits per heavy atom. The Bertz CT molecular complexity index is 551. The highest BCUT2D eigenvalue weighted by Gasteiger charge is 2.06. The number of hydrogen-bond donors (Lipinski definition) is 1. The number of benzene rings is 1. The summed E-state index contributed by atoms with van der Waals surface area (Å²) in [5, 5.41) is 8.54. The van der Waals surface area contributed by atoms with E-state index in [0.29, 0.717) is 0 Å². The minimum absolute atomic E-state index is 0.722. The van der Waals surface area contributed by atoms with Gasteiger partial charge in [-0.3, -0.25) is 4.68 Å². The highest BCUT2D eigenvalue weighted by molar-refractivity contribution is 9.10. The van der Waals surface area contributed by atoms with Crippen molar-refractivity contribution in [2.24, 2.45) is 7.05 Å². The van der Waals surface area contributed by atoms with Crippen LogP contribution in [0, 0.1) is 0 Å². The van der Waals surface area contributed by atoms with E-state index < -0.39 is 0 Å². The quantitative estimate of drug-likeness (QED) is 0.919. The second-order valence-corrected chi connectivity index (χ2v) is 5.40. The van der Waals surface area contributed by atoms with Crippen LogP contribution in [-0.4, -0.2) is 9.78 Å². The Kier molecular flexibility index (Phi) is 4.30. The normalized spacial score (nSPS) is 10.7. The third kappa shape index (κ3) is 3.06. The van der Waals surface area contributed by atoms with E-state index in [-0.39, 0.29) is 0 Å². The molecule has 2 rings (SSSR count). The van der Waals surface area contributed by atoms with Crippen LogP contribution >= 0.6 is 27.5 Å². The maximum absolute atomic E-state index is 6.00. The van der Waals surface area contributed by atoms with E-state index in [1.165, 1.54) is 0 Å². The van der Waals surface area contributed by atoms with Crippen LogP contribution in [0.2, 0.25) is 5.02 Å². The minimum Gasteiger partial charge on any atom is -0.378 e. The number of anilines is 1. The number of hydrogen-bond acceptors (Lipinski definition) is 2. The summed E-state index contributed by atoms with van der Waals surface area (Å²) in [7, 11) is 1.93. The maximum atomic E-state index is 6.00. The standard InChI is InChI=1S/C13H15BrClN3/c1-3-12-13(8-18(2)17-12)16-7-9-6-10(15)4-5-11(9)14/h4-6,8,16H,3,7H2,1-2H3. The van der Waals surface area contributed by atoms with E-state index in [0.717, 1.165) is 39.4 Å². The van der Waals surface area contributed by atoms with Gasteiger partial charge < -0.3 is 5.32 Å². The maximum Gasteiger partial charge on any atom is 0.0853 e. The van der Waals surface area contributed by atoms with Crippen molar-refractivity contribution < 1.29 is 0 Å². The smallest absolute Gasteiger partial charge is 0.0853 e. The third-order valence-electron chi connectivity index (χ3n) is 2.72. The van der Waals surface area contributed by atoms with Gasteiger partial charge in [0.15, 0.2) is 0 Å². The Morgan fingerprint density at radius 2 is 2.22 bits per heavy atom. The molecule has 1 heterocycles. The first kappa shape index (κ1) is 13.4. The van der Waals surface area contributed by atoms with Crippen LogP contribution in [0.5, 0.6) is 0 Å². The molecule has 5 heteroatoms. The van der Waals surface area contributed by atoms with Gasteiger partial charge in [0.1, 0.15) is 0 Å². The van der Waals surface area contributed by atoms with Gasteiger partial charge in [0.05, 0.1) is 11.4 Å². The van der Waals surface area contributed by atoms with Crippen molar-refractivity contribution in [2.45, 2.75) is 19.9 Å².